The van der Waals surface area contributed by atoms with Crippen LogP contribution in [0.4, 0.5) is 0 Å². The van der Waals surface area contributed by atoms with Crippen molar-refractivity contribution in [3.63, 3.8) is 0 Å². The number of nitrogens with one attached hydrogen (secondary N) is 1. The highest BCUT2D eigenvalue weighted by molar-refractivity contribution is 5.80. The van der Waals surface area contributed by atoms with E-state index in [1.165, 1.54) is 0 Å². The number of aliphatic hydroxyl groups excluding tert-OH is 1. The molecule has 92 valence electrons. The lowest BCUT2D eigenvalue weighted by molar-refractivity contribution is 0.185. The molecule has 18 heavy (non-hydrogen) atoms. The molecule has 1 fully saturated rings. The van der Waals surface area contributed by atoms with Gasteiger partial charge in [0.25, 0.3) is 0 Å². The third-order valence-electron chi connectivity index (χ3n) is 3.32. The fourth-order valence-electron chi connectivity index (χ4n) is 2.30. The van der Waals surface area contributed by atoms with E-state index in [-0.39, 0.29) is 6.10 Å². The van der Waals surface area contributed by atoms with Gasteiger partial charge in [-0.15, -0.1) is 0 Å². The molecule has 1 aliphatic heterocycles. The molecule has 3 nitrogen and oxygen atoms in total. The van der Waals surface area contributed by atoms with E-state index >= 15 is 0 Å². The van der Waals surface area contributed by atoms with E-state index in [0.717, 1.165) is 41.5 Å². The molecule has 1 aromatic heterocycles. The summed E-state index contributed by atoms with van der Waals surface area (Å²) in [7, 11) is 0. The number of benzene rings is 1. The van der Waals surface area contributed by atoms with Crippen LogP contribution in [0.1, 0.15) is 12.0 Å². The van der Waals surface area contributed by atoms with Gasteiger partial charge >= 0.3 is 0 Å². The lowest BCUT2D eigenvalue weighted by atomic mass is 10.0. The molecule has 1 atom stereocenters. The number of aliphatic hydroxyl groups is 1. The second-order valence-electron chi connectivity index (χ2n) is 4.66. The molecule has 0 bridgehead atoms. The minimum Gasteiger partial charge on any atom is -0.389 e. The van der Waals surface area contributed by atoms with Crippen LogP contribution >= 0.6 is 0 Å². The molecule has 1 aliphatic rings. The fourth-order valence-corrected chi connectivity index (χ4v) is 2.30. The average Bonchev–Trinajstić information content (AvgIpc) is 2.41. The highest BCUT2D eigenvalue weighted by Crippen LogP contribution is 2.18. The molecule has 0 spiro atoms. The highest BCUT2D eigenvalue weighted by atomic mass is 16.3. The summed E-state index contributed by atoms with van der Waals surface area (Å²) in [6.45, 7) is 1.64. The molecule has 0 amide bonds. The number of hydrogen-bond donors (Lipinski definition) is 2. The normalized spacial score (nSPS) is 22.5. The van der Waals surface area contributed by atoms with Crippen LogP contribution in [0, 0.1) is 0 Å². The zero-order chi connectivity index (χ0) is 12.4. The number of hydrogen-bond acceptors (Lipinski definition) is 3. The topological polar surface area (TPSA) is 45.1 Å². The SMILES string of the molecule is OC1CCNC/C1=C\c1cnc2ccccc2c1. The zero-order valence-electron chi connectivity index (χ0n) is 10.1. The Morgan fingerprint density at radius 2 is 2.22 bits per heavy atom. The Bertz CT molecular complexity index is 592. The first-order chi connectivity index (χ1) is 8.83. The first kappa shape index (κ1) is 11.4. The lowest BCUT2D eigenvalue weighted by Crippen LogP contribution is -2.33. The molecule has 1 unspecified atom stereocenters. The maximum atomic E-state index is 9.91. The number of pyridine rings is 1. The maximum absolute atomic E-state index is 9.91. The molecule has 1 saturated heterocycles. The standard InChI is InChI=1S/C15H16N2O/c18-15-5-6-16-10-13(15)8-11-7-12-3-1-2-4-14(12)17-9-11/h1-4,7-9,15-16,18H,5-6,10H2/b13-8+. The van der Waals surface area contributed by atoms with Gasteiger partial charge in [-0.2, -0.15) is 0 Å². The van der Waals surface area contributed by atoms with Gasteiger partial charge in [-0.25, -0.2) is 0 Å². The van der Waals surface area contributed by atoms with Crippen LogP contribution in [-0.4, -0.2) is 29.3 Å². The van der Waals surface area contributed by atoms with E-state index in [9.17, 15) is 5.11 Å². The number of nitrogens with zero attached hydrogens (tertiary/aromatic N) is 1. The monoisotopic (exact) mass is 240 g/mol. The fraction of sp³-hybridized carbons (Fsp3) is 0.267. The van der Waals surface area contributed by atoms with Gasteiger partial charge in [0.2, 0.25) is 0 Å². The van der Waals surface area contributed by atoms with Gasteiger partial charge in [0.15, 0.2) is 0 Å². The van der Waals surface area contributed by atoms with Crippen molar-refractivity contribution >= 4 is 17.0 Å². The molecular weight excluding hydrogens is 224 g/mol. The van der Waals surface area contributed by atoms with Gasteiger partial charge in [0, 0.05) is 18.1 Å². The Kier molecular flexibility index (Phi) is 3.09. The molecule has 3 heteroatoms. The zero-order valence-corrected chi connectivity index (χ0v) is 10.1. The summed E-state index contributed by atoms with van der Waals surface area (Å²) in [4.78, 5) is 4.43. The second-order valence-corrected chi connectivity index (χ2v) is 4.66. The van der Waals surface area contributed by atoms with Crippen LogP contribution in [0.2, 0.25) is 0 Å². The largest absolute Gasteiger partial charge is 0.389 e. The number of aromatic nitrogens is 1. The van der Waals surface area contributed by atoms with Gasteiger partial charge in [0.05, 0.1) is 11.6 Å². The van der Waals surface area contributed by atoms with Gasteiger partial charge in [-0.1, -0.05) is 24.3 Å². The first-order valence-electron chi connectivity index (χ1n) is 6.27. The summed E-state index contributed by atoms with van der Waals surface area (Å²) in [5.41, 5.74) is 3.09. The third-order valence-corrected chi connectivity index (χ3v) is 3.32. The van der Waals surface area contributed by atoms with Crippen molar-refractivity contribution < 1.29 is 5.11 Å². The summed E-state index contributed by atoms with van der Waals surface area (Å²) < 4.78 is 0. The van der Waals surface area contributed by atoms with Crippen molar-refractivity contribution in [1.29, 1.82) is 0 Å². The van der Waals surface area contributed by atoms with E-state index in [0.29, 0.717) is 0 Å². The summed E-state index contributed by atoms with van der Waals surface area (Å²) in [6.07, 6.45) is 4.36. The van der Waals surface area contributed by atoms with Crippen molar-refractivity contribution in [1.82, 2.24) is 10.3 Å². The number of para-hydroxylation sites is 1. The van der Waals surface area contributed by atoms with Crippen LogP contribution in [0.15, 0.2) is 42.1 Å². The predicted molar refractivity (Wildman–Crippen MR) is 73.2 cm³/mol. The van der Waals surface area contributed by atoms with Crippen LogP contribution < -0.4 is 5.32 Å². The van der Waals surface area contributed by atoms with E-state index in [4.69, 9.17) is 0 Å². The molecule has 0 radical (unpaired) electrons. The van der Waals surface area contributed by atoms with E-state index < -0.39 is 0 Å². The Morgan fingerprint density at radius 1 is 1.33 bits per heavy atom. The molecule has 2 heterocycles. The predicted octanol–water partition coefficient (Wildman–Crippen LogP) is 1.97. The average molecular weight is 240 g/mol. The molecule has 3 rings (SSSR count). The van der Waals surface area contributed by atoms with E-state index in [1.54, 1.807) is 0 Å². The van der Waals surface area contributed by atoms with Gasteiger partial charge < -0.3 is 10.4 Å². The summed E-state index contributed by atoms with van der Waals surface area (Å²) in [5, 5.41) is 14.3. The van der Waals surface area contributed by atoms with Crippen molar-refractivity contribution in [2.45, 2.75) is 12.5 Å². The van der Waals surface area contributed by atoms with Crippen LogP contribution in [0.25, 0.3) is 17.0 Å². The molecular formula is C15H16N2O. The Labute approximate surface area is 106 Å². The van der Waals surface area contributed by atoms with Crippen molar-refractivity contribution in [3.05, 3.63) is 47.7 Å². The Hall–Kier alpha value is -1.71. The molecule has 1 aromatic carbocycles. The van der Waals surface area contributed by atoms with Crippen molar-refractivity contribution in [2.75, 3.05) is 13.1 Å². The van der Waals surface area contributed by atoms with E-state index in [1.807, 2.05) is 30.5 Å². The maximum Gasteiger partial charge on any atom is 0.0777 e. The minimum atomic E-state index is -0.322. The number of fused-ring (bicyclic) bond motifs is 1. The van der Waals surface area contributed by atoms with Crippen LogP contribution in [0.5, 0.6) is 0 Å². The quantitative estimate of drug-likeness (QED) is 0.801. The molecule has 2 aromatic rings. The first-order valence-corrected chi connectivity index (χ1v) is 6.27. The minimum absolute atomic E-state index is 0.322. The summed E-state index contributed by atoms with van der Waals surface area (Å²) in [5.74, 6) is 0. The number of rotatable bonds is 1. The Morgan fingerprint density at radius 3 is 3.11 bits per heavy atom. The second kappa shape index (κ2) is 4.88. The van der Waals surface area contributed by atoms with Crippen LogP contribution in [0.3, 0.4) is 0 Å². The molecule has 0 aliphatic carbocycles. The van der Waals surface area contributed by atoms with Gasteiger partial charge in [-0.05, 0) is 36.2 Å². The van der Waals surface area contributed by atoms with Gasteiger partial charge in [-0.3, -0.25) is 4.98 Å². The summed E-state index contributed by atoms with van der Waals surface area (Å²) in [6, 6.07) is 10.2. The smallest absolute Gasteiger partial charge is 0.0777 e. The molecule has 2 N–H and O–H groups in total. The third kappa shape index (κ3) is 2.28. The lowest BCUT2D eigenvalue weighted by Gasteiger charge is -2.21. The number of piperidine rings is 1. The van der Waals surface area contributed by atoms with Crippen molar-refractivity contribution in [3.8, 4) is 0 Å². The highest BCUT2D eigenvalue weighted by Gasteiger charge is 2.15. The Balaban J connectivity index is 1.96. The van der Waals surface area contributed by atoms with E-state index in [2.05, 4.69) is 22.4 Å². The van der Waals surface area contributed by atoms with Crippen molar-refractivity contribution in [2.24, 2.45) is 0 Å². The van der Waals surface area contributed by atoms with Gasteiger partial charge in [0.1, 0.15) is 0 Å². The summed E-state index contributed by atoms with van der Waals surface area (Å²) >= 11 is 0. The van der Waals surface area contributed by atoms with Crippen LogP contribution in [-0.2, 0) is 0 Å². The molecule has 0 saturated carbocycles.